The van der Waals surface area contributed by atoms with E-state index in [1.54, 1.807) is 0 Å². The van der Waals surface area contributed by atoms with Crippen molar-refractivity contribution >= 4 is 16.9 Å². The highest BCUT2D eigenvalue weighted by atomic mass is 19.1. The summed E-state index contributed by atoms with van der Waals surface area (Å²) in [5.74, 6) is -0.734. The largest absolute Gasteiger partial charge is 0.350 e. The van der Waals surface area contributed by atoms with E-state index < -0.39 is 5.56 Å². The van der Waals surface area contributed by atoms with Crippen LogP contribution in [0, 0.1) is 12.7 Å². The Morgan fingerprint density at radius 1 is 1.10 bits per heavy atom. The molecule has 0 unspecified atom stereocenters. The van der Waals surface area contributed by atoms with E-state index in [9.17, 15) is 14.0 Å². The van der Waals surface area contributed by atoms with Crippen molar-refractivity contribution in [3.63, 3.8) is 0 Å². The summed E-state index contributed by atoms with van der Waals surface area (Å²) in [7, 11) is 0. The summed E-state index contributed by atoms with van der Waals surface area (Å²) in [4.78, 5) is 24.8. The number of carbonyl (C=O) groups is 1. The van der Waals surface area contributed by atoms with Gasteiger partial charge in [-0.25, -0.2) is 13.8 Å². The monoisotopic (exact) mass is 392 g/mol. The molecule has 9 heteroatoms. The van der Waals surface area contributed by atoms with Crippen LogP contribution in [0.25, 0.3) is 16.7 Å². The van der Waals surface area contributed by atoms with Crippen LogP contribution in [0.4, 0.5) is 4.39 Å². The summed E-state index contributed by atoms with van der Waals surface area (Å²) >= 11 is 0. The van der Waals surface area contributed by atoms with Crippen LogP contribution in [0.3, 0.4) is 0 Å². The lowest BCUT2D eigenvalue weighted by Crippen LogP contribution is -2.34. The Hall–Kier alpha value is -3.88. The lowest BCUT2D eigenvalue weighted by Gasteiger charge is -2.07. The maximum atomic E-state index is 13.1. The van der Waals surface area contributed by atoms with Crippen molar-refractivity contribution in [2.75, 3.05) is 0 Å². The Balaban J connectivity index is 1.52. The molecular formula is C20H17FN6O2. The summed E-state index contributed by atoms with van der Waals surface area (Å²) < 4.78 is 15.5. The van der Waals surface area contributed by atoms with Gasteiger partial charge in [0.2, 0.25) is 5.91 Å². The highest BCUT2D eigenvalue weighted by molar-refractivity contribution is 5.77. The van der Waals surface area contributed by atoms with Crippen molar-refractivity contribution < 1.29 is 9.18 Å². The molecule has 0 aliphatic heterocycles. The lowest BCUT2D eigenvalue weighted by molar-refractivity contribution is -0.122. The third-order valence-corrected chi connectivity index (χ3v) is 4.43. The fraction of sp³-hybridized carbons (Fsp3) is 0.150. The average molecular weight is 392 g/mol. The molecule has 8 nitrogen and oxygen atoms in total. The molecule has 0 saturated carbocycles. The van der Waals surface area contributed by atoms with Crippen LogP contribution in [0.1, 0.15) is 11.1 Å². The van der Waals surface area contributed by atoms with Crippen molar-refractivity contribution in [2.45, 2.75) is 20.0 Å². The summed E-state index contributed by atoms with van der Waals surface area (Å²) in [6.45, 7) is 2.09. The number of fused-ring (bicyclic) bond motifs is 1. The molecule has 1 N–H and O–H groups in total. The number of aromatic nitrogens is 5. The Labute approximate surface area is 164 Å². The van der Waals surface area contributed by atoms with Crippen LogP contribution in [0.2, 0.25) is 0 Å². The molecule has 2 aromatic carbocycles. The van der Waals surface area contributed by atoms with Crippen molar-refractivity contribution in [2.24, 2.45) is 0 Å². The van der Waals surface area contributed by atoms with E-state index in [0.29, 0.717) is 12.2 Å². The molecule has 4 aromatic rings. The van der Waals surface area contributed by atoms with Crippen LogP contribution in [0.5, 0.6) is 0 Å². The van der Waals surface area contributed by atoms with Gasteiger partial charge >= 0.3 is 0 Å². The molecule has 146 valence electrons. The fourth-order valence-corrected chi connectivity index (χ4v) is 2.84. The number of hydrogen-bond donors (Lipinski definition) is 1. The second-order valence-corrected chi connectivity index (χ2v) is 6.58. The molecule has 2 aromatic heterocycles. The quantitative estimate of drug-likeness (QED) is 0.558. The molecule has 0 fully saturated rings. The molecule has 0 aliphatic rings. The first kappa shape index (κ1) is 18.5. The third-order valence-electron chi connectivity index (χ3n) is 4.43. The van der Waals surface area contributed by atoms with Crippen molar-refractivity contribution in [3.8, 4) is 5.69 Å². The minimum Gasteiger partial charge on any atom is -0.350 e. The Morgan fingerprint density at radius 3 is 2.55 bits per heavy atom. The smallest absolute Gasteiger partial charge is 0.281 e. The standard InChI is InChI=1S/C20H17FN6O2/c1-13-2-4-14(5-3-13)10-22-18(28)12-26-20(29)17-11-23-27(19(17)24-25-26)16-8-6-15(21)7-9-16/h2-9,11H,10,12H2,1H3,(H,22,28). The van der Waals surface area contributed by atoms with Gasteiger partial charge in [0.1, 0.15) is 17.7 Å². The molecule has 0 atom stereocenters. The van der Waals surface area contributed by atoms with Crippen molar-refractivity contribution in [1.29, 1.82) is 0 Å². The highest BCUT2D eigenvalue weighted by Crippen LogP contribution is 2.13. The number of carbonyl (C=O) groups excluding carboxylic acids is 1. The lowest BCUT2D eigenvalue weighted by atomic mass is 10.1. The second-order valence-electron chi connectivity index (χ2n) is 6.58. The van der Waals surface area contributed by atoms with Crippen LogP contribution < -0.4 is 10.9 Å². The zero-order valence-electron chi connectivity index (χ0n) is 15.5. The summed E-state index contributed by atoms with van der Waals surface area (Å²) in [6, 6.07) is 13.4. The van der Waals surface area contributed by atoms with Gasteiger partial charge in [-0.1, -0.05) is 35.0 Å². The van der Waals surface area contributed by atoms with Crippen LogP contribution in [-0.4, -0.2) is 30.7 Å². The number of hydrogen-bond acceptors (Lipinski definition) is 5. The van der Waals surface area contributed by atoms with Gasteiger partial charge in [0, 0.05) is 6.54 Å². The summed E-state index contributed by atoms with van der Waals surface area (Å²) in [5, 5.41) is 15.0. The fourth-order valence-electron chi connectivity index (χ4n) is 2.84. The molecule has 0 bridgehead atoms. The highest BCUT2D eigenvalue weighted by Gasteiger charge is 2.14. The zero-order valence-corrected chi connectivity index (χ0v) is 15.5. The van der Waals surface area contributed by atoms with Gasteiger partial charge < -0.3 is 5.32 Å². The third kappa shape index (κ3) is 3.88. The second kappa shape index (κ2) is 7.63. The Bertz CT molecular complexity index is 1230. The van der Waals surface area contributed by atoms with E-state index in [1.807, 2.05) is 31.2 Å². The predicted molar refractivity (Wildman–Crippen MR) is 104 cm³/mol. The number of nitrogens with zero attached hydrogens (tertiary/aromatic N) is 5. The van der Waals surface area contributed by atoms with Gasteiger partial charge in [-0.15, -0.1) is 5.10 Å². The van der Waals surface area contributed by atoms with Crippen molar-refractivity contribution in [3.05, 3.63) is 82.0 Å². The average Bonchev–Trinajstić information content (AvgIpc) is 3.15. The molecule has 0 spiro atoms. The van der Waals surface area contributed by atoms with Gasteiger partial charge in [-0.2, -0.15) is 5.10 Å². The first-order valence-corrected chi connectivity index (χ1v) is 8.91. The minimum atomic E-state index is -0.478. The molecular weight excluding hydrogens is 375 g/mol. The molecule has 4 rings (SSSR count). The number of halogens is 1. The predicted octanol–water partition coefficient (Wildman–Crippen LogP) is 1.74. The molecule has 0 saturated heterocycles. The van der Waals surface area contributed by atoms with Gasteiger partial charge in [0.15, 0.2) is 5.65 Å². The number of aryl methyl sites for hydroxylation is 1. The molecule has 29 heavy (non-hydrogen) atoms. The van der Waals surface area contributed by atoms with E-state index >= 15 is 0 Å². The first-order chi connectivity index (χ1) is 14.0. The van der Waals surface area contributed by atoms with E-state index in [4.69, 9.17) is 0 Å². The Morgan fingerprint density at radius 2 is 1.83 bits per heavy atom. The molecule has 0 aliphatic carbocycles. The topological polar surface area (TPSA) is 94.7 Å². The van der Waals surface area contributed by atoms with Gasteiger partial charge in [0.05, 0.1) is 11.9 Å². The number of rotatable bonds is 5. The van der Waals surface area contributed by atoms with E-state index in [0.717, 1.165) is 15.8 Å². The van der Waals surface area contributed by atoms with Gasteiger partial charge in [-0.05, 0) is 36.8 Å². The molecule has 0 radical (unpaired) electrons. The van der Waals surface area contributed by atoms with Crippen molar-refractivity contribution in [1.82, 2.24) is 30.1 Å². The molecule has 2 heterocycles. The minimum absolute atomic E-state index is 0.218. The van der Waals surface area contributed by atoms with Crippen LogP contribution in [-0.2, 0) is 17.9 Å². The normalized spacial score (nSPS) is 11.0. The molecule has 1 amide bonds. The summed E-state index contributed by atoms with van der Waals surface area (Å²) in [5.41, 5.74) is 2.39. The van der Waals surface area contributed by atoms with Gasteiger partial charge in [0.25, 0.3) is 5.56 Å². The SMILES string of the molecule is Cc1ccc(CNC(=O)Cn2nnc3c(cnn3-c3ccc(F)cc3)c2=O)cc1. The van der Waals surface area contributed by atoms with Crippen LogP contribution >= 0.6 is 0 Å². The van der Waals surface area contributed by atoms with Gasteiger partial charge in [-0.3, -0.25) is 9.59 Å². The zero-order chi connectivity index (χ0) is 20.4. The maximum absolute atomic E-state index is 13.1. The number of benzene rings is 2. The summed E-state index contributed by atoms with van der Waals surface area (Å²) in [6.07, 6.45) is 1.36. The van der Waals surface area contributed by atoms with E-state index in [-0.39, 0.29) is 29.3 Å². The maximum Gasteiger partial charge on any atom is 0.281 e. The van der Waals surface area contributed by atoms with Crippen LogP contribution in [0.15, 0.2) is 59.5 Å². The van der Waals surface area contributed by atoms with E-state index in [2.05, 4.69) is 20.7 Å². The Kier molecular flexibility index (Phi) is 4.86. The number of nitrogens with one attached hydrogen (secondary N) is 1. The van der Waals surface area contributed by atoms with E-state index in [1.165, 1.54) is 35.1 Å². The first-order valence-electron chi connectivity index (χ1n) is 8.91. The number of amides is 1.